The lowest BCUT2D eigenvalue weighted by molar-refractivity contribution is -0.144. The number of rotatable bonds is 6. The first kappa shape index (κ1) is 18.8. The second kappa shape index (κ2) is 8.60. The third-order valence-electron chi connectivity index (χ3n) is 3.89. The van der Waals surface area contributed by atoms with Crippen LogP contribution >= 0.6 is 11.3 Å². The Morgan fingerprint density at radius 1 is 1.11 bits per heavy atom. The number of aryl methyl sites for hydroxylation is 1. The summed E-state index contributed by atoms with van der Waals surface area (Å²) in [6.07, 6.45) is 0.110. The molecule has 138 valence electrons. The van der Waals surface area contributed by atoms with Gasteiger partial charge in [0.2, 0.25) is 0 Å². The number of hydrogen-bond acceptors (Lipinski definition) is 6. The summed E-state index contributed by atoms with van der Waals surface area (Å²) in [6, 6.07) is 14.9. The SMILES string of the molecule is COC(=O)c1cccc(COC(=O)Cc2csc(-c3cccc(C)c3)n2)c1. The molecule has 6 heteroatoms. The second-order valence-electron chi connectivity index (χ2n) is 6.04. The number of thiazole rings is 1. The number of esters is 2. The third-order valence-corrected chi connectivity index (χ3v) is 4.83. The van der Waals surface area contributed by atoms with Crippen LogP contribution in [0.25, 0.3) is 10.6 Å². The van der Waals surface area contributed by atoms with Crippen LogP contribution in [0.2, 0.25) is 0 Å². The van der Waals surface area contributed by atoms with E-state index in [1.54, 1.807) is 24.3 Å². The van der Waals surface area contributed by atoms with Crippen molar-refractivity contribution in [1.82, 2.24) is 4.98 Å². The Bertz CT molecular complexity index is 964. The van der Waals surface area contributed by atoms with Gasteiger partial charge in [-0.2, -0.15) is 0 Å². The van der Waals surface area contributed by atoms with E-state index in [-0.39, 0.29) is 19.0 Å². The zero-order chi connectivity index (χ0) is 19.2. The van der Waals surface area contributed by atoms with Gasteiger partial charge in [-0.05, 0) is 30.7 Å². The predicted molar refractivity (Wildman–Crippen MR) is 104 cm³/mol. The van der Waals surface area contributed by atoms with Crippen molar-refractivity contribution < 1.29 is 19.1 Å². The van der Waals surface area contributed by atoms with Crippen molar-refractivity contribution in [2.75, 3.05) is 7.11 Å². The van der Waals surface area contributed by atoms with Gasteiger partial charge in [-0.25, -0.2) is 9.78 Å². The Morgan fingerprint density at radius 2 is 1.93 bits per heavy atom. The molecule has 0 aliphatic heterocycles. The van der Waals surface area contributed by atoms with Gasteiger partial charge in [-0.1, -0.05) is 35.9 Å². The maximum atomic E-state index is 12.1. The number of aromatic nitrogens is 1. The first-order valence-corrected chi connectivity index (χ1v) is 9.27. The molecule has 3 aromatic rings. The molecule has 0 bridgehead atoms. The molecule has 27 heavy (non-hydrogen) atoms. The maximum Gasteiger partial charge on any atom is 0.337 e. The molecule has 0 radical (unpaired) electrons. The highest BCUT2D eigenvalue weighted by molar-refractivity contribution is 7.13. The van der Waals surface area contributed by atoms with Crippen LogP contribution in [0.1, 0.15) is 27.2 Å². The van der Waals surface area contributed by atoms with Crippen molar-refractivity contribution >= 4 is 23.3 Å². The average Bonchev–Trinajstić information content (AvgIpc) is 3.14. The minimum absolute atomic E-state index is 0.0958. The third kappa shape index (κ3) is 5.01. The summed E-state index contributed by atoms with van der Waals surface area (Å²) in [5, 5.41) is 2.75. The van der Waals surface area contributed by atoms with E-state index in [2.05, 4.69) is 15.8 Å². The molecule has 5 nitrogen and oxygen atoms in total. The van der Waals surface area contributed by atoms with Crippen LogP contribution in [0.4, 0.5) is 0 Å². The fourth-order valence-corrected chi connectivity index (χ4v) is 3.38. The monoisotopic (exact) mass is 381 g/mol. The Kier molecular flexibility index (Phi) is 5.98. The highest BCUT2D eigenvalue weighted by atomic mass is 32.1. The highest BCUT2D eigenvalue weighted by Gasteiger charge is 2.11. The molecule has 0 saturated carbocycles. The fraction of sp³-hybridized carbons (Fsp3) is 0.190. The van der Waals surface area contributed by atoms with Crippen LogP contribution < -0.4 is 0 Å². The van der Waals surface area contributed by atoms with Crippen LogP contribution in [0.3, 0.4) is 0 Å². The molecule has 0 atom stereocenters. The Balaban J connectivity index is 1.58. The molecule has 2 aromatic carbocycles. The zero-order valence-electron chi connectivity index (χ0n) is 15.1. The standard InChI is InChI=1S/C21H19NO4S/c1-14-5-3-7-16(9-14)20-22-18(13-27-20)11-19(23)26-12-15-6-4-8-17(10-15)21(24)25-2/h3-10,13H,11-12H2,1-2H3. The molecule has 0 aliphatic carbocycles. The molecule has 0 N–H and O–H groups in total. The minimum Gasteiger partial charge on any atom is -0.465 e. The van der Waals surface area contributed by atoms with Crippen LogP contribution in [0.15, 0.2) is 53.9 Å². The van der Waals surface area contributed by atoms with E-state index < -0.39 is 5.97 Å². The van der Waals surface area contributed by atoms with E-state index in [4.69, 9.17) is 4.74 Å². The Morgan fingerprint density at radius 3 is 2.70 bits per heavy atom. The van der Waals surface area contributed by atoms with Crippen LogP contribution in [-0.4, -0.2) is 24.0 Å². The van der Waals surface area contributed by atoms with Crippen molar-refractivity contribution in [2.24, 2.45) is 0 Å². The van der Waals surface area contributed by atoms with Gasteiger partial charge in [0.1, 0.15) is 11.6 Å². The van der Waals surface area contributed by atoms with Gasteiger partial charge in [0.15, 0.2) is 0 Å². The van der Waals surface area contributed by atoms with Crippen molar-refractivity contribution in [2.45, 2.75) is 20.0 Å². The summed E-state index contributed by atoms with van der Waals surface area (Å²) in [5.74, 6) is -0.783. The molecule has 1 aromatic heterocycles. The van der Waals surface area contributed by atoms with Gasteiger partial charge in [0, 0.05) is 10.9 Å². The lowest BCUT2D eigenvalue weighted by Crippen LogP contribution is -2.09. The van der Waals surface area contributed by atoms with E-state index in [0.717, 1.165) is 21.7 Å². The highest BCUT2D eigenvalue weighted by Crippen LogP contribution is 2.24. The molecule has 0 fully saturated rings. The number of hydrogen-bond donors (Lipinski definition) is 0. The summed E-state index contributed by atoms with van der Waals surface area (Å²) in [6.45, 7) is 2.13. The van der Waals surface area contributed by atoms with E-state index >= 15 is 0 Å². The molecular weight excluding hydrogens is 362 g/mol. The first-order valence-electron chi connectivity index (χ1n) is 8.39. The number of benzene rings is 2. The van der Waals surface area contributed by atoms with E-state index in [1.165, 1.54) is 18.4 Å². The summed E-state index contributed by atoms with van der Waals surface area (Å²) < 4.78 is 10.00. The smallest absolute Gasteiger partial charge is 0.337 e. The lowest BCUT2D eigenvalue weighted by atomic mass is 10.1. The Labute approximate surface area is 161 Å². The quantitative estimate of drug-likeness (QED) is 0.599. The van der Waals surface area contributed by atoms with Gasteiger partial charge in [-0.15, -0.1) is 11.3 Å². The number of carbonyl (C=O) groups is 2. The van der Waals surface area contributed by atoms with Crippen LogP contribution in [-0.2, 0) is 27.3 Å². The van der Waals surface area contributed by atoms with Gasteiger partial charge in [-0.3, -0.25) is 4.79 Å². The largest absolute Gasteiger partial charge is 0.465 e. The average molecular weight is 381 g/mol. The second-order valence-corrected chi connectivity index (χ2v) is 6.90. The summed E-state index contributed by atoms with van der Waals surface area (Å²) >= 11 is 1.51. The zero-order valence-corrected chi connectivity index (χ0v) is 15.9. The molecule has 0 amide bonds. The normalized spacial score (nSPS) is 10.4. The summed E-state index contributed by atoms with van der Waals surface area (Å²) in [5.41, 5.74) is 4.04. The van der Waals surface area contributed by atoms with Crippen LogP contribution in [0, 0.1) is 6.92 Å². The van der Waals surface area contributed by atoms with Crippen molar-refractivity contribution in [3.05, 3.63) is 76.3 Å². The van der Waals surface area contributed by atoms with Crippen molar-refractivity contribution in [1.29, 1.82) is 0 Å². The topological polar surface area (TPSA) is 65.5 Å². The van der Waals surface area contributed by atoms with Gasteiger partial charge >= 0.3 is 11.9 Å². The molecule has 0 aliphatic rings. The fourth-order valence-electron chi connectivity index (χ4n) is 2.57. The van der Waals surface area contributed by atoms with Crippen molar-refractivity contribution in [3.63, 3.8) is 0 Å². The number of nitrogens with zero attached hydrogens (tertiary/aromatic N) is 1. The number of methoxy groups -OCH3 is 1. The first-order chi connectivity index (χ1) is 13.0. The number of carbonyl (C=O) groups excluding carboxylic acids is 2. The van der Waals surface area contributed by atoms with E-state index in [0.29, 0.717) is 11.3 Å². The molecule has 3 rings (SSSR count). The number of ether oxygens (including phenoxy) is 2. The van der Waals surface area contributed by atoms with Crippen molar-refractivity contribution in [3.8, 4) is 10.6 Å². The lowest BCUT2D eigenvalue weighted by Gasteiger charge is -2.06. The molecule has 1 heterocycles. The predicted octanol–water partition coefficient (Wildman–Crippen LogP) is 4.19. The Hall–Kier alpha value is -2.99. The maximum absolute atomic E-state index is 12.1. The van der Waals surface area contributed by atoms with E-state index in [9.17, 15) is 9.59 Å². The molecule has 0 spiro atoms. The molecule has 0 saturated heterocycles. The summed E-state index contributed by atoms with van der Waals surface area (Å²) in [4.78, 5) is 28.2. The summed E-state index contributed by atoms with van der Waals surface area (Å²) in [7, 11) is 1.33. The van der Waals surface area contributed by atoms with E-state index in [1.807, 2.05) is 30.5 Å². The van der Waals surface area contributed by atoms with Gasteiger partial charge in [0.25, 0.3) is 0 Å². The molecule has 0 unspecified atom stereocenters. The molecular formula is C21H19NO4S. The minimum atomic E-state index is -0.422. The van der Waals surface area contributed by atoms with Gasteiger partial charge in [0.05, 0.1) is 24.8 Å². The van der Waals surface area contributed by atoms with Crippen LogP contribution in [0.5, 0.6) is 0 Å². The van der Waals surface area contributed by atoms with Gasteiger partial charge < -0.3 is 9.47 Å².